The highest BCUT2D eigenvalue weighted by Crippen LogP contribution is 2.16. The summed E-state index contributed by atoms with van der Waals surface area (Å²) in [6.07, 6.45) is 27.0. The Morgan fingerprint density at radius 1 is 0.167 bits per heavy atom. The van der Waals surface area contributed by atoms with Crippen LogP contribution in [0.25, 0.3) is 0 Å². The van der Waals surface area contributed by atoms with Gasteiger partial charge in [-0.3, -0.25) is 0 Å². The molecule has 0 saturated heterocycles. The Morgan fingerprint density at radius 2 is 0.250 bits per heavy atom. The number of hydrogen-bond donors (Lipinski definition) is 0. The molecule has 0 atom stereocenters. The minimum absolute atomic E-state index is 1.50. The molecular weight excluding hydrogens is 288 g/mol. The summed E-state index contributed by atoms with van der Waals surface area (Å²) < 4.78 is 0. The lowest BCUT2D eigenvalue weighted by atomic mass is 10.0. The van der Waals surface area contributed by atoms with E-state index in [1.165, 1.54) is 116 Å². The Labute approximate surface area is 152 Å². The lowest BCUT2D eigenvalue weighted by Crippen LogP contribution is -1.85. The summed E-state index contributed by atoms with van der Waals surface area (Å²) in [5.41, 5.74) is 0. The van der Waals surface area contributed by atoms with E-state index in [0.29, 0.717) is 0 Å². The molecular formula is C24H42. The van der Waals surface area contributed by atoms with E-state index in [2.05, 4.69) is 0 Å². The van der Waals surface area contributed by atoms with E-state index < -0.39 is 0 Å². The van der Waals surface area contributed by atoms with Gasteiger partial charge in [-0.05, 0) is 0 Å². The molecule has 0 spiro atoms. The summed E-state index contributed by atoms with van der Waals surface area (Å²) in [7, 11) is 0. The minimum atomic E-state index is 1.50. The van der Waals surface area contributed by atoms with Crippen LogP contribution in [-0.4, -0.2) is 0 Å². The monoisotopic (exact) mass is 330 g/mol. The van der Waals surface area contributed by atoms with Crippen LogP contribution in [-0.2, 0) is 0 Å². The Balaban J connectivity index is 0.000000160. The van der Waals surface area contributed by atoms with Gasteiger partial charge in [0.25, 0.3) is 0 Å². The van der Waals surface area contributed by atoms with Gasteiger partial charge in [0.2, 0.25) is 0 Å². The fourth-order valence-electron chi connectivity index (χ4n) is 3.57. The maximum atomic E-state index is 2.00. The van der Waals surface area contributed by atoms with Crippen LogP contribution in [0, 0.1) is 0 Å². The molecule has 3 saturated carbocycles. The molecule has 0 heterocycles. The summed E-state index contributed by atoms with van der Waals surface area (Å²) in [6.45, 7) is 0. The normalized spacial score (nSPS) is 20.0. The average Bonchev–Trinajstić information content (AvgIpc) is 2.75. The van der Waals surface area contributed by atoms with Crippen LogP contribution < -0.4 is 0 Å². The Hall–Kier alpha value is -0.780. The van der Waals surface area contributed by atoms with Crippen LogP contribution in [0.4, 0.5) is 0 Å². The second kappa shape index (κ2) is 18.6. The first-order valence-electron chi connectivity index (χ1n) is 11.0. The highest BCUT2D eigenvalue weighted by molar-refractivity contribution is 4.99. The molecule has 0 heteroatoms. The SMILES string of the molecule is C1CCCCC1.C1CCCCC1.C1CCCCC1.c1ccccc1. The molecule has 1 aromatic carbocycles. The molecule has 4 rings (SSSR count). The van der Waals surface area contributed by atoms with Crippen molar-refractivity contribution >= 4 is 0 Å². The second-order valence-corrected chi connectivity index (χ2v) is 7.52. The summed E-state index contributed by atoms with van der Waals surface area (Å²) in [6, 6.07) is 12.0. The molecule has 3 fully saturated rings. The van der Waals surface area contributed by atoms with Crippen LogP contribution in [0.2, 0.25) is 0 Å². The third kappa shape index (κ3) is 16.1. The summed E-state index contributed by atoms with van der Waals surface area (Å²) >= 11 is 0. The minimum Gasteiger partial charge on any atom is -0.0623 e. The van der Waals surface area contributed by atoms with Gasteiger partial charge in [-0.2, -0.15) is 0 Å². The summed E-state index contributed by atoms with van der Waals surface area (Å²) in [5.74, 6) is 0. The Bertz CT molecular complexity index is 214. The van der Waals surface area contributed by atoms with Gasteiger partial charge in [0.1, 0.15) is 0 Å². The van der Waals surface area contributed by atoms with Gasteiger partial charge in [0, 0.05) is 0 Å². The molecule has 0 radical (unpaired) electrons. The molecule has 138 valence electrons. The van der Waals surface area contributed by atoms with Crippen LogP contribution in [0.1, 0.15) is 116 Å². The molecule has 24 heavy (non-hydrogen) atoms. The van der Waals surface area contributed by atoms with Crippen molar-refractivity contribution in [1.29, 1.82) is 0 Å². The fraction of sp³-hybridized carbons (Fsp3) is 0.750. The number of hydrogen-bond acceptors (Lipinski definition) is 0. The second-order valence-electron chi connectivity index (χ2n) is 7.52. The first-order chi connectivity index (χ1) is 12.0. The first-order valence-corrected chi connectivity index (χ1v) is 11.0. The van der Waals surface area contributed by atoms with Gasteiger partial charge in [0.05, 0.1) is 0 Å². The maximum Gasteiger partial charge on any atom is -0.0533 e. The van der Waals surface area contributed by atoms with E-state index in [1.54, 1.807) is 0 Å². The molecule has 0 N–H and O–H groups in total. The molecule has 1 aromatic rings. The van der Waals surface area contributed by atoms with Gasteiger partial charge in [-0.25, -0.2) is 0 Å². The quantitative estimate of drug-likeness (QED) is 0.446. The topological polar surface area (TPSA) is 0 Å². The number of benzene rings is 1. The zero-order valence-electron chi connectivity index (χ0n) is 16.2. The van der Waals surface area contributed by atoms with Crippen molar-refractivity contribution < 1.29 is 0 Å². The van der Waals surface area contributed by atoms with Crippen LogP contribution in [0.15, 0.2) is 36.4 Å². The molecule has 0 aromatic heterocycles. The van der Waals surface area contributed by atoms with Gasteiger partial charge < -0.3 is 0 Å². The van der Waals surface area contributed by atoms with Crippen molar-refractivity contribution in [1.82, 2.24) is 0 Å². The number of rotatable bonds is 0. The van der Waals surface area contributed by atoms with E-state index in [1.807, 2.05) is 36.4 Å². The average molecular weight is 331 g/mol. The highest BCUT2D eigenvalue weighted by Gasteiger charge is 1.96. The third-order valence-electron chi connectivity index (χ3n) is 5.17. The van der Waals surface area contributed by atoms with Crippen molar-refractivity contribution in [3.63, 3.8) is 0 Å². The smallest absolute Gasteiger partial charge is 0.0533 e. The predicted octanol–water partition coefficient (Wildman–Crippen LogP) is 8.71. The van der Waals surface area contributed by atoms with Crippen molar-refractivity contribution in [2.24, 2.45) is 0 Å². The van der Waals surface area contributed by atoms with E-state index >= 15 is 0 Å². The zero-order valence-corrected chi connectivity index (χ0v) is 16.2. The predicted molar refractivity (Wildman–Crippen MR) is 110 cm³/mol. The maximum absolute atomic E-state index is 2.00. The van der Waals surface area contributed by atoms with Crippen molar-refractivity contribution in [3.8, 4) is 0 Å². The molecule has 3 aliphatic rings. The van der Waals surface area contributed by atoms with Gasteiger partial charge in [-0.15, -0.1) is 0 Å². The van der Waals surface area contributed by atoms with E-state index in [0.717, 1.165) is 0 Å². The van der Waals surface area contributed by atoms with Crippen molar-refractivity contribution in [2.75, 3.05) is 0 Å². The highest BCUT2D eigenvalue weighted by atomic mass is 14.0. The largest absolute Gasteiger partial charge is 0.0623 e. The van der Waals surface area contributed by atoms with Crippen molar-refractivity contribution in [3.05, 3.63) is 36.4 Å². The van der Waals surface area contributed by atoms with Crippen molar-refractivity contribution in [2.45, 2.75) is 116 Å². The fourth-order valence-corrected chi connectivity index (χ4v) is 3.57. The van der Waals surface area contributed by atoms with Crippen LogP contribution >= 0.6 is 0 Å². The van der Waals surface area contributed by atoms with Gasteiger partial charge in [-0.1, -0.05) is 152 Å². The first kappa shape index (κ1) is 21.3. The summed E-state index contributed by atoms with van der Waals surface area (Å²) in [5, 5.41) is 0. The molecule has 0 amide bonds. The van der Waals surface area contributed by atoms with E-state index in [-0.39, 0.29) is 0 Å². The van der Waals surface area contributed by atoms with Crippen LogP contribution in [0.3, 0.4) is 0 Å². The molecule has 0 nitrogen and oxygen atoms in total. The summed E-state index contributed by atoms with van der Waals surface area (Å²) in [4.78, 5) is 0. The zero-order chi connectivity index (χ0) is 17.0. The van der Waals surface area contributed by atoms with Gasteiger partial charge in [0.15, 0.2) is 0 Å². The van der Waals surface area contributed by atoms with E-state index in [9.17, 15) is 0 Å². The molecule has 3 aliphatic carbocycles. The Morgan fingerprint density at radius 3 is 0.333 bits per heavy atom. The third-order valence-corrected chi connectivity index (χ3v) is 5.17. The molecule has 0 unspecified atom stereocenters. The lowest BCUT2D eigenvalue weighted by molar-refractivity contribution is 0.504. The lowest BCUT2D eigenvalue weighted by Gasteiger charge is -2.05. The van der Waals surface area contributed by atoms with Gasteiger partial charge >= 0.3 is 0 Å². The standard InChI is InChI=1S/3C6H12.C6H6/c4*1-2-4-6-5-3-1/h3*1-6H2;1-6H. The Kier molecular flexibility index (Phi) is 16.4. The van der Waals surface area contributed by atoms with E-state index in [4.69, 9.17) is 0 Å². The molecule has 0 aliphatic heterocycles. The molecule has 0 bridgehead atoms. The van der Waals surface area contributed by atoms with Crippen LogP contribution in [0.5, 0.6) is 0 Å².